The van der Waals surface area contributed by atoms with Gasteiger partial charge >= 0.3 is 17.9 Å². The molecule has 2 bridgehead atoms. The van der Waals surface area contributed by atoms with Crippen molar-refractivity contribution in [3.63, 3.8) is 0 Å². The number of ketones is 1. The van der Waals surface area contributed by atoms with Crippen LogP contribution >= 0.6 is 0 Å². The summed E-state index contributed by atoms with van der Waals surface area (Å²) in [5.41, 5.74) is -3.52. The van der Waals surface area contributed by atoms with Crippen molar-refractivity contribution in [1.29, 1.82) is 0 Å². The van der Waals surface area contributed by atoms with Gasteiger partial charge in [-0.25, -0.2) is 0 Å². The Hall–Kier alpha value is -2.30. The summed E-state index contributed by atoms with van der Waals surface area (Å²) in [5.74, 6) is -4.15. The number of carbonyl (C=O) groups excluding carboxylic acids is 4. The Kier molecular flexibility index (Phi) is 7.49. The van der Waals surface area contributed by atoms with Gasteiger partial charge < -0.3 is 29.5 Å². The molecule has 0 heterocycles. The molecule has 0 unspecified atom stereocenters. The number of rotatable bonds is 4. The first kappa shape index (κ1) is 28.3. The maximum atomic E-state index is 13.3. The first-order valence-corrected chi connectivity index (χ1v) is 12.3. The molecule has 3 rings (SSSR count). The van der Waals surface area contributed by atoms with Crippen molar-refractivity contribution < 1.29 is 48.7 Å². The van der Waals surface area contributed by atoms with Crippen molar-refractivity contribution in [3.05, 3.63) is 11.1 Å². The second-order valence-electron chi connectivity index (χ2n) is 11.3. The summed E-state index contributed by atoms with van der Waals surface area (Å²) in [4.78, 5) is 50.4. The summed E-state index contributed by atoms with van der Waals surface area (Å²) < 4.78 is 17.5. The fourth-order valence-electron chi connectivity index (χ4n) is 7.11. The molecule has 0 aromatic heterocycles. The summed E-state index contributed by atoms with van der Waals surface area (Å²) in [5, 5.41) is 33.1. The first-order valence-electron chi connectivity index (χ1n) is 12.3. The van der Waals surface area contributed by atoms with E-state index in [1.807, 2.05) is 13.8 Å². The summed E-state index contributed by atoms with van der Waals surface area (Å²) in [6, 6.07) is 0. The smallest absolute Gasteiger partial charge is 0.303 e. The number of aliphatic hydroxyl groups excluding tert-OH is 2. The molecule has 8 atom stereocenters. The van der Waals surface area contributed by atoms with Gasteiger partial charge in [-0.05, 0) is 36.3 Å². The standard InChI is InChI=1S/C26H38O10/c1-12-17(31)10-16-20(34-13(2)28)22-25(7,9-8-18(32)26(22,33)11-27)23(36-15(4)30)21(35-14(3)29)19(12)24(16,5)6/h16,18,20-23,27,32-33H,8-11H2,1-7H3/t16-,18-,20+,21+,22-,23-,25+,26-/m0/s1. The average Bonchev–Trinajstić information content (AvgIpc) is 2.75. The zero-order valence-electron chi connectivity index (χ0n) is 22.0. The molecule has 3 aliphatic carbocycles. The molecule has 36 heavy (non-hydrogen) atoms. The SMILES string of the molecule is CC(=O)O[C@@H]1[C@@H]2CC(=O)C(C)=C([C@@H](OC(C)=O)[C@H](OC(C)=O)[C@]3(C)CC[C@H](O)[C@@](O)(CO)[C@@H]13)C2(C)C. The van der Waals surface area contributed by atoms with Gasteiger partial charge in [0.15, 0.2) is 11.9 Å². The third kappa shape index (κ3) is 4.37. The highest BCUT2D eigenvalue weighted by Crippen LogP contribution is 2.61. The molecule has 0 aromatic rings. The zero-order valence-corrected chi connectivity index (χ0v) is 22.0. The lowest BCUT2D eigenvalue weighted by Gasteiger charge is -2.62. The maximum absolute atomic E-state index is 13.3. The Labute approximate surface area is 211 Å². The Balaban J connectivity index is 2.47. The number of Topliss-reactive ketones (excluding diaryl/α,β-unsaturated/α-hetero) is 1. The van der Waals surface area contributed by atoms with E-state index in [-0.39, 0.29) is 25.0 Å². The van der Waals surface area contributed by atoms with E-state index in [1.54, 1.807) is 13.8 Å². The Morgan fingerprint density at radius 1 is 1.00 bits per heavy atom. The number of hydrogen-bond acceptors (Lipinski definition) is 10. The highest BCUT2D eigenvalue weighted by atomic mass is 16.6. The molecule has 0 radical (unpaired) electrons. The van der Waals surface area contributed by atoms with Crippen LogP contribution in [0.15, 0.2) is 11.1 Å². The number of esters is 3. The molecule has 0 saturated heterocycles. The topological polar surface area (TPSA) is 157 Å². The van der Waals surface area contributed by atoms with E-state index in [0.29, 0.717) is 11.1 Å². The summed E-state index contributed by atoms with van der Waals surface area (Å²) in [7, 11) is 0. The van der Waals surface area contributed by atoms with Gasteiger partial charge in [0.25, 0.3) is 0 Å². The fourth-order valence-corrected chi connectivity index (χ4v) is 7.11. The fraction of sp³-hybridized carbons (Fsp3) is 0.769. The van der Waals surface area contributed by atoms with Crippen LogP contribution in [0, 0.1) is 22.7 Å². The third-order valence-electron chi connectivity index (χ3n) is 8.71. The van der Waals surface area contributed by atoms with Gasteiger partial charge in [-0.2, -0.15) is 0 Å². The molecule has 0 aliphatic heterocycles. The molecule has 2 saturated carbocycles. The number of ether oxygens (including phenoxy) is 3. The van der Waals surface area contributed by atoms with Crippen molar-refractivity contribution in [3.8, 4) is 0 Å². The second-order valence-corrected chi connectivity index (χ2v) is 11.3. The molecule has 2 fully saturated rings. The van der Waals surface area contributed by atoms with Gasteiger partial charge in [-0.3, -0.25) is 19.2 Å². The number of allylic oxidation sites excluding steroid dienone is 1. The zero-order chi connectivity index (χ0) is 27.4. The molecule has 202 valence electrons. The van der Waals surface area contributed by atoms with Crippen LogP contribution in [0.5, 0.6) is 0 Å². The van der Waals surface area contributed by atoms with E-state index in [1.165, 1.54) is 20.8 Å². The summed E-state index contributed by atoms with van der Waals surface area (Å²) in [6.45, 7) is 9.72. The van der Waals surface area contributed by atoms with Crippen LogP contribution in [0.4, 0.5) is 0 Å². The van der Waals surface area contributed by atoms with Crippen LogP contribution < -0.4 is 0 Å². The van der Waals surface area contributed by atoms with Gasteiger partial charge in [0.1, 0.15) is 17.8 Å². The minimum atomic E-state index is -2.17. The van der Waals surface area contributed by atoms with Gasteiger partial charge in [-0.1, -0.05) is 20.8 Å². The third-order valence-corrected chi connectivity index (χ3v) is 8.71. The van der Waals surface area contributed by atoms with Crippen LogP contribution in [0.3, 0.4) is 0 Å². The lowest BCUT2D eigenvalue weighted by atomic mass is 9.47. The maximum Gasteiger partial charge on any atom is 0.303 e. The molecular weight excluding hydrogens is 472 g/mol. The van der Waals surface area contributed by atoms with Crippen LogP contribution in [-0.2, 0) is 33.4 Å². The van der Waals surface area contributed by atoms with Crippen LogP contribution in [0.1, 0.15) is 67.7 Å². The van der Waals surface area contributed by atoms with Gasteiger partial charge in [0.05, 0.1) is 12.7 Å². The number of hydrogen-bond donors (Lipinski definition) is 3. The molecule has 10 nitrogen and oxygen atoms in total. The molecule has 0 aromatic carbocycles. The summed E-state index contributed by atoms with van der Waals surface area (Å²) in [6.07, 6.45) is -4.75. The molecule has 3 N–H and O–H groups in total. The largest absolute Gasteiger partial charge is 0.462 e. The minimum absolute atomic E-state index is 0.0323. The van der Waals surface area contributed by atoms with Gasteiger partial charge in [-0.15, -0.1) is 0 Å². The van der Waals surface area contributed by atoms with Gasteiger partial charge in [0.2, 0.25) is 0 Å². The predicted octanol–water partition coefficient (Wildman–Crippen LogP) is 1.23. The lowest BCUT2D eigenvalue weighted by molar-refractivity contribution is -0.270. The highest BCUT2D eigenvalue weighted by Gasteiger charge is 2.69. The van der Waals surface area contributed by atoms with Crippen molar-refractivity contribution in [1.82, 2.24) is 0 Å². The quantitative estimate of drug-likeness (QED) is 0.371. The first-order chi connectivity index (χ1) is 16.5. The minimum Gasteiger partial charge on any atom is -0.462 e. The Bertz CT molecular complexity index is 983. The Morgan fingerprint density at radius 3 is 2.06 bits per heavy atom. The van der Waals surface area contributed by atoms with E-state index in [9.17, 15) is 34.5 Å². The van der Waals surface area contributed by atoms with E-state index in [4.69, 9.17) is 14.2 Å². The molecule has 3 aliphatic rings. The van der Waals surface area contributed by atoms with E-state index in [2.05, 4.69) is 0 Å². The van der Waals surface area contributed by atoms with Crippen LogP contribution in [0.25, 0.3) is 0 Å². The lowest BCUT2D eigenvalue weighted by Crippen LogP contribution is -2.72. The average molecular weight is 511 g/mol. The second kappa shape index (κ2) is 9.54. The van der Waals surface area contributed by atoms with Crippen molar-refractivity contribution in [2.75, 3.05) is 6.61 Å². The number of aliphatic hydroxyl groups is 3. The highest BCUT2D eigenvalue weighted by molar-refractivity contribution is 5.97. The molecule has 0 amide bonds. The monoisotopic (exact) mass is 510 g/mol. The number of fused-ring (bicyclic) bond motifs is 3. The van der Waals surface area contributed by atoms with Gasteiger partial charge in [0, 0.05) is 44.4 Å². The van der Waals surface area contributed by atoms with E-state index in [0.717, 1.165) is 0 Å². The van der Waals surface area contributed by atoms with Crippen molar-refractivity contribution >= 4 is 23.7 Å². The summed E-state index contributed by atoms with van der Waals surface area (Å²) >= 11 is 0. The van der Waals surface area contributed by atoms with E-state index >= 15 is 0 Å². The molecule has 0 spiro atoms. The van der Waals surface area contributed by atoms with Crippen molar-refractivity contribution in [2.24, 2.45) is 22.7 Å². The van der Waals surface area contributed by atoms with E-state index < -0.39 is 77.2 Å². The Morgan fingerprint density at radius 2 is 1.56 bits per heavy atom. The van der Waals surface area contributed by atoms with Crippen LogP contribution in [-0.4, -0.2) is 75.6 Å². The van der Waals surface area contributed by atoms with Crippen LogP contribution in [0.2, 0.25) is 0 Å². The normalized spacial score (nSPS) is 39.9. The molecular formula is C26H38O10. The molecule has 10 heteroatoms. The van der Waals surface area contributed by atoms with Crippen molar-refractivity contribution in [2.45, 2.75) is 97.7 Å². The predicted molar refractivity (Wildman–Crippen MR) is 125 cm³/mol. The number of carbonyl (C=O) groups is 4.